The van der Waals surface area contributed by atoms with Crippen molar-refractivity contribution in [2.24, 2.45) is 0 Å². The molecule has 0 radical (unpaired) electrons. The summed E-state index contributed by atoms with van der Waals surface area (Å²) in [5.74, 6) is -0.487. The number of furan rings is 1. The second-order valence-electron chi connectivity index (χ2n) is 5.16. The number of hydrogen-bond acceptors (Lipinski definition) is 5. The lowest BCUT2D eigenvalue weighted by Gasteiger charge is -2.10. The maximum absolute atomic E-state index is 12.3. The zero-order chi connectivity index (χ0) is 18.8. The zero-order valence-corrected chi connectivity index (χ0v) is 14.6. The smallest absolute Gasteiger partial charge is 0.472 e. The molecule has 1 N–H and O–H groups in total. The normalized spacial score (nSPS) is 12.3. The molecule has 0 unspecified atom stereocenters. The van der Waals surface area contributed by atoms with Crippen LogP contribution >= 0.6 is 11.3 Å². The first-order chi connectivity index (χ1) is 12.2. The molecular weight excluding hydrogens is 391 g/mol. The molecule has 3 aromatic rings. The molecule has 0 saturated heterocycles. The van der Waals surface area contributed by atoms with Crippen LogP contribution in [0.3, 0.4) is 0 Å². The molecule has 0 atom stereocenters. The highest BCUT2D eigenvalue weighted by molar-refractivity contribution is 7.89. The standard InChI is InChI=1S/C16H12F3NO4S2/c17-16(18,19)24-13-1-3-15(4-2-13)26(21,22)20-8-14-7-12(10-25-14)11-5-6-23-9-11/h1-7,9-10,20H,8H2. The van der Waals surface area contributed by atoms with Gasteiger partial charge >= 0.3 is 6.36 Å². The van der Waals surface area contributed by atoms with Crippen LogP contribution in [0, 0.1) is 0 Å². The quantitative estimate of drug-likeness (QED) is 0.663. The molecule has 0 aliphatic rings. The van der Waals surface area contributed by atoms with Gasteiger partial charge in [0.1, 0.15) is 5.75 Å². The molecule has 0 bridgehead atoms. The van der Waals surface area contributed by atoms with Crippen LogP contribution in [0.4, 0.5) is 13.2 Å². The fourth-order valence-electron chi connectivity index (χ4n) is 2.12. The van der Waals surface area contributed by atoms with Crippen LogP contribution in [0.25, 0.3) is 11.1 Å². The Hall–Kier alpha value is -2.30. The van der Waals surface area contributed by atoms with Crippen LogP contribution in [-0.2, 0) is 16.6 Å². The summed E-state index contributed by atoms with van der Waals surface area (Å²) in [6, 6.07) is 7.62. The Morgan fingerprint density at radius 3 is 2.46 bits per heavy atom. The van der Waals surface area contributed by atoms with Crippen LogP contribution in [0.1, 0.15) is 4.88 Å². The molecule has 1 aromatic carbocycles. The van der Waals surface area contributed by atoms with E-state index in [0.29, 0.717) is 0 Å². The van der Waals surface area contributed by atoms with Gasteiger partial charge in [0.25, 0.3) is 0 Å². The van der Waals surface area contributed by atoms with E-state index in [1.165, 1.54) is 11.3 Å². The predicted octanol–water partition coefficient (Wildman–Crippen LogP) is 4.39. The lowest BCUT2D eigenvalue weighted by Crippen LogP contribution is -2.23. The van der Waals surface area contributed by atoms with Gasteiger partial charge in [0.05, 0.1) is 17.4 Å². The van der Waals surface area contributed by atoms with Crippen molar-refractivity contribution in [2.45, 2.75) is 17.8 Å². The van der Waals surface area contributed by atoms with Gasteiger partial charge in [0.15, 0.2) is 0 Å². The van der Waals surface area contributed by atoms with Gasteiger partial charge < -0.3 is 9.15 Å². The zero-order valence-electron chi connectivity index (χ0n) is 13.0. The number of halogens is 3. The fraction of sp³-hybridized carbons (Fsp3) is 0.125. The van der Waals surface area contributed by atoms with Gasteiger partial charge in [-0.3, -0.25) is 0 Å². The molecule has 0 spiro atoms. The predicted molar refractivity (Wildman–Crippen MR) is 89.2 cm³/mol. The van der Waals surface area contributed by atoms with Gasteiger partial charge in [-0.25, -0.2) is 13.1 Å². The van der Waals surface area contributed by atoms with Crippen LogP contribution in [0.2, 0.25) is 0 Å². The van der Waals surface area contributed by atoms with Gasteiger partial charge in [0, 0.05) is 17.0 Å². The van der Waals surface area contributed by atoms with Crippen molar-refractivity contribution >= 4 is 21.4 Å². The number of benzene rings is 1. The Balaban J connectivity index is 1.65. The summed E-state index contributed by atoms with van der Waals surface area (Å²) >= 11 is 1.38. The van der Waals surface area contributed by atoms with Crippen LogP contribution in [0.15, 0.2) is 63.6 Å². The first kappa shape index (κ1) is 18.5. The van der Waals surface area contributed by atoms with Crippen LogP contribution < -0.4 is 9.46 Å². The minimum absolute atomic E-state index is 0.0612. The first-order valence-corrected chi connectivity index (χ1v) is 9.55. The third-order valence-electron chi connectivity index (χ3n) is 3.31. The highest BCUT2D eigenvalue weighted by Gasteiger charge is 2.31. The van der Waals surface area contributed by atoms with Gasteiger partial charge in [-0.05, 0) is 47.3 Å². The van der Waals surface area contributed by atoms with Crippen molar-refractivity contribution in [2.75, 3.05) is 0 Å². The molecule has 138 valence electrons. The topological polar surface area (TPSA) is 68.5 Å². The second-order valence-corrected chi connectivity index (χ2v) is 7.92. The highest BCUT2D eigenvalue weighted by Crippen LogP contribution is 2.27. The number of thiophene rings is 1. The summed E-state index contributed by atoms with van der Waals surface area (Å²) in [7, 11) is -3.86. The molecular formula is C16H12F3NO4S2. The maximum atomic E-state index is 12.3. The van der Waals surface area contributed by atoms with Crippen molar-refractivity contribution in [1.29, 1.82) is 0 Å². The van der Waals surface area contributed by atoms with E-state index >= 15 is 0 Å². The Morgan fingerprint density at radius 2 is 1.85 bits per heavy atom. The molecule has 3 rings (SSSR count). The summed E-state index contributed by atoms with van der Waals surface area (Å²) in [6.07, 6.45) is -1.70. The molecule has 26 heavy (non-hydrogen) atoms. The number of hydrogen-bond donors (Lipinski definition) is 1. The second kappa shape index (κ2) is 7.14. The minimum Gasteiger partial charge on any atom is -0.472 e. The van der Waals surface area contributed by atoms with E-state index < -0.39 is 22.1 Å². The Morgan fingerprint density at radius 1 is 1.12 bits per heavy atom. The van der Waals surface area contributed by atoms with E-state index in [4.69, 9.17) is 4.42 Å². The van der Waals surface area contributed by atoms with Gasteiger partial charge in [-0.1, -0.05) is 0 Å². The summed E-state index contributed by atoms with van der Waals surface area (Å²) in [5.41, 5.74) is 1.79. The van der Waals surface area contributed by atoms with E-state index in [1.807, 2.05) is 11.4 Å². The SMILES string of the molecule is O=S(=O)(NCc1cc(-c2ccoc2)cs1)c1ccc(OC(F)(F)F)cc1. The molecule has 2 heterocycles. The molecule has 0 aliphatic heterocycles. The Labute approximate surface area is 151 Å². The molecule has 0 aliphatic carbocycles. The fourth-order valence-corrected chi connectivity index (χ4v) is 4.05. The summed E-state index contributed by atoms with van der Waals surface area (Å²) < 4.78 is 72.0. The van der Waals surface area contributed by atoms with E-state index in [2.05, 4.69) is 9.46 Å². The highest BCUT2D eigenvalue weighted by atomic mass is 32.2. The molecule has 0 saturated carbocycles. The summed E-state index contributed by atoms with van der Waals surface area (Å²) in [6.45, 7) is 0.0612. The number of alkyl halides is 3. The lowest BCUT2D eigenvalue weighted by molar-refractivity contribution is -0.274. The average molecular weight is 403 g/mol. The average Bonchev–Trinajstić information content (AvgIpc) is 3.23. The molecule has 0 amide bonds. The van der Waals surface area contributed by atoms with Gasteiger partial charge in [-0.2, -0.15) is 0 Å². The third kappa shape index (κ3) is 4.65. The Bertz CT molecular complexity index is 962. The molecule has 10 heteroatoms. The van der Waals surface area contributed by atoms with Crippen molar-refractivity contribution < 1.29 is 30.7 Å². The van der Waals surface area contributed by atoms with Crippen molar-refractivity contribution in [3.05, 3.63) is 59.2 Å². The molecule has 5 nitrogen and oxygen atoms in total. The van der Waals surface area contributed by atoms with Gasteiger partial charge in [-0.15, -0.1) is 24.5 Å². The number of ether oxygens (including phenoxy) is 1. The monoisotopic (exact) mass is 403 g/mol. The van der Waals surface area contributed by atoms with E-state index in [9.17, 15) is 21.6 Å². The maximum Gasteiger partial charge on any atom is 0.573 e. The summed E-state index contributed by atoms with van der Waals surface area (Å²) in [5, 5.41) is 1.87. The van der Waals surface area contributed by atoms with E-state index in [0.717, 1.165) is 40.3 Å². The van der Waals surface area contributed by atoms with Crippen LogP contribution in [0.5, 0.6) is 5.75 Å². The van der Waals surface area contributed by atoms with Gasteiger partial charge in [0.2, 0.25) is 10.0 Å². The van der Waals surface area contributed by atoms with E-state index in [1.54, 1.807) is 18.6 Å². The molecule has 0 fully saturated rings. The van der Waals surface area contributed by atoms with Crippen LogP contribution in [-0.4, -0.2) is 14.8 Å². The summed E-state index contributed by atoms with van der Waals surface area (Å²) in [4.78, 5) is 0.625. The van der Waals surface area contributed by atoms with E-state index in [-0.39, 0.29) is 11.4 Å². The molecule has 2 aromatic heterocycles. The number of sulfonamides is 1. The van der Waals surface area contributed by atoms with Crippen molar-refractivity contribution in [1.82, 2.24) is 4.72 Å². The Kier molecular flexibility index (Phi) is 5.08. The lowest BCUT2D eigenvalue weighted by atomic mass is 10.2. The third-order valence-corrected chi connectivity index (χ3v) is 5.67. The largest absolute Gasteiger partial charge is 0.573 e. The minimum atomic E-state index is -4.83. The first-order valence-electron chi connectivity index (χ1n) is 7.18. The van der Waals surface area contributed by atoms with Crippen molar-refractivity contribution in [3.8, 4) is 16.9 Å². The van der Waals surface area contributed by atoms with Crippen molar-refractivity contribution in [3.63, 3.8) is 0 Å². The number of nitrogens with one attached hydrogen (secondary N) is 1. The number of rotatable bonds is 6.